The molecule has 0 saturated carbocycles. The predicted octanol–water partition coefficient (Wildman–Crippen LogP) is -0.609. The number of aromatic nitrogens is 4. The summed E-state index contributed by atoms with van der Waals surface area (Å²) in [6.45, 7) is 2.19. The van der Waals surface area contributed by atoms with Crippen molar-refractivity contribution in [3.05, 3.63) is 28.4 Å². The number of fused-ring (bicyclic) bond motifs is 1. The van der Waals surface area contributed by atoms with Crippen molar-refractivity contribution in [2.45, 2.75) is 25.0 Å². The van der Waals surface area contributed by atoms with Gasteiger partial charge in [-0.25, -0.2) is 9.97 Å². The van der Waals surface area contributed by atoms with Crippen molar-refractivity contribution in [1.82, 2.24) is 24.5 Å². The number of ether oxygens (including phenoxy) is 1. The minimum absolute atomic E-state index is 0.189. The van der Waals surface area contributed by atoms with Crippen molar-refractivity contribution in [2.24, 2.45) is 0 Å². The van der Waals surface area contributed by atoms with Crippen molar-refractivity contribution in [3.8, 4) is 0 Å². The van der Waals surface area contributed by atoms with E-state index in [2.05, 4.69) is 15.1 Å². The van der Waals surface area contributed by atoms with E-state index < -0.39 is 5.60 Å². The Hall–Kier alpha value is -1.77. The minimum atomic E-state index is -0.724. The van der Waals surface area contributed by atoms with Crippen molar-refractivity contribution in [1.29, 1.82) is 0 Å². The lowest BCUT2D eigenvalue weighted by molar-refractivity contribution is -0.0778. The maximum atomic E-state index is 11.9. The van der Waals surface area contributed by atoms with Crippen molar-refractivity contribution in [2.75, 3.05) is 26.8 Å². The maximum absolute atomic E-state index is 11.9. The second kappa shape index (κ2) is 5.55. The monoisotopic (exact) mass is 293 g/mol. The first kappa shape index (κ1) is 14.2. The van der Waals surface area contributed by atoms with Crippen LogP contribution in [0.4, 0.5) is 0 Å². The van der Waals surface area contributed by atoms with Gasteiger partial charge in [0.2, 0.25) is 0 Å². The molecule has 3 heterocycles. The van der Waals surface area contributed by atoms with Gasteiger partial charge in [0, 0.05) is 45.2 Å². The molecule has 2 aromatic heterocycles. The van der Waals surface area contributed by atoms with E-state index in [9.17, 15) is 9.90 Å². The van der Waals surface area contributed by atoms with E-state index in [0.29, 0.717) is 50.6 Å². The Morgan fingerprint density at radius 3 is 3.05 bits per heavy atom. The quantitative estimate of drug-likeness (QED) is 0.781. The fourth-order valence-electron chi connectivity index (χ4n) is 2.69. The Kier molecular flexibility index (Phi) is 3.75. The van der Waals surface area contributed by atoms with Crippen LogP contribution < -0.4 is 5.56 Å². The largest absolute Gasteiger partial charge is 0.388 e. The molecule has 0 unspecified atom stereocenters. The van der Waals surface area contributed by atoms with E-state index >= 15 is 0 Å². The van der Waals surface area contributed by atoms with Crippen LogP contribution in [0.2, 0.25) is 0 Å². The van der Waals surface area contributed by atoms with Crippen LogP contribution in [-0.4, -0.2) is 62.0 Å². The topological polar surface area (TPSA) is 95.8 Å². The average molecular weight is 293 g/mol. The third-order valence-corrected chi connectivity index (χ3v) is 3.74. The number of nitrogens with one attached hydrogen (secondary N) is 1. The van der Waals surface area contributed by atoms with Gasteiger partial charge < -0.3 is 9.84 Å². The fourth-order valence-corrected chi connectivity index (χ4v) is 2.69. The molecule has 0 aliphatic carbocycles. The van der Waals surface area contributed by atoms with Crippen molar-refractivity contribution in [3.63, 3.8) is 0 Å². The first-order valence-corrected chi connectivity index (χ1v) is 6.96. The molecule has 0 bridgehead atoms. The van der Waals surface area contributed by atoms with E-state index in [0.717, 1.165) is 0 Å². The highest BCUT2D eigenvalue weighted by molar-refractivity contribution is 5.25. The number of aliphatic hydroxyl groups is 1. The van der Waals surface area contributed by atoms with E-state index in [1.807, 2.05) is 11.9 Å². The van der Waals surface area contributed by atoms with Crippen LogP contribution >= 0.6 is 0 Å². The highest BCUT2D eigenvalue weighted by Gasteiger charge is 2.31. The smallest absolute Gasteiger partial charge is 0.274 e. The van der Waals surface area contributed by atoms with Crippen molar-refractivity contribution < 1.29 is 9.84 Å². The molecule has 1 saturated heterocycles. The summed E-state index contributed by atoms with van der Waals surface area (Å²) in [5, 5.41) is 13.2. The molecule has 8 nitrogen and oxygen atoms in total. The molecule has 1 aliphatic rings. The Labute approximate surface area is 121 Å². The highest BCUT2D eigenvalue weighted by atomic mass is 16.5. The number of nitrogens with zero attached hydrogens (tertiary/aromatic N) is 4. The summed E-state index contributed by atoms with van der Waals surface area (Å²) >= 11 is 0. The number of rotatable bonds is 4. The zero-order valence-corrected chi connectivity index (χ0v) is 11.9. The van der Waals surface area contributed by atoms with Crippen LogP contribution in [-0.2, 0) is 11.3 Å². The number of likely N-dealkylation sites (N-methyl/N-ethyl adjacent to an activating group) is 1. The lowest BCUT2D eigenvalue weighted by Gasteiger charge is -2.35. The first-order valence-electron chi connectivity index (χ1n) is 6.96. The molecule has 3 rings (SSSR count). The van der Waals surface area contributed by atoms with Gasteiger partial charge in [-0.1, -0.05) is 0 Å². The van der Waals surface area contributed by atoms with Crippen LogP contribution in [0.25, 0.3) is 5.78 Å². The third kappa shape index (κ3) is 3.12. The van der Waals surface area contributed by atoms with Gasteiger partial charge in [-0.15, -0.1) is 0 Å². The second-order valence-electron chi connectivity index (χ2n) is 5.62. The summed E-state index contributed by atoms with van der Waals surface area (Å²) in [5.74, 6) is 0.357. The van der Waals surface area contributed by atoms with Gasteiger partial charge in [-0.2, -0.15) is 4.52 Å². The number of H-pyrrole nitrogens is 1. The van der Waals surface area contributed by atoms with E-state index in [1.54, 1.807) is 0 Å². The van der Waals surface area contributed by atoms with Gasteiger partial charge in [0.05, 0.1) is 11.3 Å². The normalized spacial score (nSPS) is 18.4. The van der Waals surface area contributed by atoms with Crippen LogP contribution in [0, 0.1) is 0 Å². The van der Waals surface area contributed by atoms with Crippen LogP contribution in [0.5, 0.6) is 0 Å². The molecule has 0 radical (unpaired) electrons. The minimum Gasteiger partial charge on any atom is -0.388 e. The second-order valence-corrected chi connectivity index (χ2v) is 5.62. The maximum Gasteiger partial charge on any atom is 0.274 e. The molecule has 1 fully saturated rings. The molecule has 0 atom stereocenters. The lowest BCUT2D eigenvalue weighted by Crippen LogP contribution is -2.45. The average Bonchev–Trinajstić information content (AvgIpc) is 2.87. The van der Waals surface area contributed by atoms with E-state index in [-0.39, 0.29) is 5.56 Å². The predicted molar refractivity (Wildman–Crippen MR) is 74.9 cm³/mol. The van der Waals surface area contributed by atoms with Gasteiger partial charge in [-0.05, 0) is 7.05 Å². The molecule has 8 heteroatoms. The van der Waals surface area contributed by atoms with E-state index in [1.165, 1.54) is 16.9 Å². The van der Waals surface area contributed by atoms with Gasteiger partial charge in [0.25, 0.3) is 11.3 Å². The Balaban J connectivity index is 1.70. The molecule has 21 heavy (non-hydrogen) atoms. The number of aromatic amines is 1. The van der Waals surface area contributed by atoms with Crippen LogP contribution in [0.3, 0.4) is 0 Å². The molecule has 0 amide bonds. The van der Waals surface area contributed by atoms with Crippen LogP contribution in [0.1, 0.15) is 18.5 Å². The standard InChI is InChI=1S/C13H19N5O3/c1-17(8-13(20)2-4-21-5-3-13)7-10-6-11(19)18-12(16-10)14-9-15-18/h6,9,20H,2-5,7-8H2,1H3,(H,14,15,16). The summed E-state index contributed by atoms with van der Waals surface area (Å²) in [4.78, 5) is 22.1. The highest BCUT2D eigenvalue weighted by Crippen LogP contribution is 2.21. The number of hydrogen-bond donors (Lipinski definition) is 2. The van der Waals surface area contributed by atoms with Gasteiger partial charge in [-0.3, -0.25) is 14.8 Å². The molecule has 2 N–H and O–H groups in total. The zero-order valence-electron chi connectivity index (χ0n) is 11.9. The molecule has 2 aromatic rings. The molecule has 1 aliphatic heterocycles. The molecular formula is C13H19N5O3. The Bertz CT molecular complexity index is 674. The van der Waals surface area contributed by atoms with Crippen molar-refractivity contribution >= 4 is 5.78 Å². The van der Waals surface area contributed by atoms with Gasteiger partial charge in [0.15, 0.2) is 0 Å². The Morgan fingerprint density at radius 1 is 1.52 bits per heavy atom. The van der Waals surface area contributed by atoms with E-state index in [4.69, 9.17) is 4.74 Å². The molecule has 114 valence electrons. The summed E-state index contributed by atoms with van der Waals surface area (Å²) in [5.41, 5.74) is -0.269. The lowest BCUT2D eigenvalue weighted by atomic mass is 9.94. The summed E-state index contributed by atoms with van der Waals surface area (Å²) in [6, 6.07) is 1.48. The van der Waals surface area contributed by atoms with Crippen LogP contribution in [0.15, 0.2) is 17.2 Å². The number of hydrogen-bond acceptors (Lipinski definition) is 6. The third-order valence-electron chi connectivity index (χ3n) is 3.74. The fraction of sp³-hybridized carbons (Fsp3) is 0.615. The Morgan fingerprint density at radius 2 is 2.29 bits per heavy atom. The summed E-state index contributed by atoms with van der Waals surface area (Å²) in [7, 11) is 1.90. The molecule has 0 spiro atoms. The first-order chi connectivity index (χ1) is 10.1. The van der Waals surface area contributed by atoms with Gasteiger partial charge in [0.1, 0.15) is 6.33 Å². The van der Waals surface area contributed by atoms with Gasteiger partial charge >= 0.3 is 0 Å². The zero-order chi connectivity index (χ0) is 14.9. The SMILES string of the molecule is CN(Cc1cc(=O)n2[nH]cnc2n1)CC1(O)CCOCC1. The summed E-state index contributed by atoms with van der Waals surface area (Å²) in [6.07, 6.45) is 2.69. The summed E-state index contributed by atoms with van der Waals surface area (Å²) < 4.78 is 6.56. The molecule has 0 aromatic carbocycles. The molecular weight excluding hydrogens is 274 g/mol.